The maximum absolute atomic E-state index is 11.9. The van der Waals surface area contributed by atoms with Gasteiger partial charge in [0.1, 0.15) is 0 Å². The molecular weight excluding hydrogens is 320 g/mol. The van der Waals surface area contributed by atoms with Crippen molar-refractivity contribution in [3.8, 4) is 0 Å². The average Bonchev–Trinajstić information content (AvgIpc) is 2.66. The van der Waals surface area contributed by atoms with Gasteiger partial charge in [0, 0.05) is 23.5 Å². The van der Waals surface area contributed by atoms with Gasteiger partial charge in [-0.2, -0.15) is 5.10 Å². The zero-order valence-corrected chi connectivity index (χ0v) is 13.1. The van der Waals surface area contributed by atoms with E-state index in [-0.39, 0.29) is 5.91 Å². The highest BCUT2D eigenvalue weighted by Crippen LogP contribution is 2.20. The first-order valence-electron chi connectivity index (χ1n) is 6.32. The number of nitrogens with zero attached hydrogens (tertiary/aromatic N) is 2. The number of halogens is 1. The summed E-state index contributed by atoms with van der Waals surface area (Å²) < 4.78 is 2.83. The maximum Gasteiger partial charge on any atom is 0.226 e. The van der Waals surface area contributed by atoms with Crippen molar-refractivity contribution in [1.82, 2.24) is 9.78 Å². The molecule has 0 unspecified atom stereocenters. The third kappa shape index (κ3) is 3.39. The Bertz CT molecular complexity index is 619. The summed E-state index contributed by atoms with van der Waals surface area (Å²) >= 11 is 3.47. The highest BCUT2D eigenvalue weighted by atomic mass is 79.9. The predicted molar refractivity (Wildman–Crippen MR) is 83.5 cm³/mol. The van der Waals surface area contributed by atoms with E-state index in [2.05, 4.69) is 26.3 Å². The molecule has 2 aromatic rings. The maximum atomic E-state index is 11.9. The number of amides is 1. The first kappa shape index (κ1) is 14.6. The van der Waals surface area contributed by atoms with E-state index in [1.54, 1.807) is 24.3 Å². The minimum absolute atomic E-state index is 0.0431. The summed E-state index contributed by atoms with van der Waals surface area (Å²) in [7, 11) is 0. The lowest BCUT2D eigenvalue weighted by Crippen LogP contribution is -2.15. The van der Waals surface area contributed by atoms with Crippen LogP contribution in [0.5, 0.6) is 0 Å². The zero-order valence-electron chi connectivity index (χ0n) is 11.5. The van der Waals surface area contributed by atoms with Crippen LogP contribution in [0.3, 0.4) is 0 Å². The molecule has 1 amide bonds. The Morgan fingerprint density at radius 3 is 2.55 bits per heavy atom. The Balaban J connectivity index is 1.92. The molecule has 0 aliphatic carbocycles. The van der Waals surface area contributed by atoms with Gasteiger partial charge in [-0.15, -0.1) is 0 Å². The number of nitrogens with one attached hydrogen (secondary N) is 1. The fourth-order valence-electron chi connectivity index (χ4n) is 1.89. The van der Waals surface area contributed by atoms with Crippen molar-refractivity contribution >= 4 is 33.2 Å². The SMILES string of the molecule is Cc1nn(CCC(=O)Nc2ccc(N)cc2)c(C)c1Br. The van der Waals surface area contributed by atoms with Crippen molar-refractivity contribution in [1.29, 1.82) is 0 Å². The third-order valence-corrected chi connectivity index (χ3v) is 4.19. The van der Waals surface area contributed by atoms with E-state index in [4.69, 9.17) is 5.73 Å². The lowest BCUT2D eigenvalue weighted by Gasteiger charge is -2.07. The van der Waals surface area contributed by atoms with E-state index in [1.165, 1.54) is 0 Å². The predicted octanol–water partition coefficient (Wildman–Crippen LogP) is 2.87. The second kappa shape index (κ2) is 6.09. The van der Waals surface area contributed by atoms with Crippen molar-refractivity contribution in [2.75, 3.05) is 11.1 Å². The number of carbonyl (C=O) groups excluding carboxylic acids is 1. The van der Waals surface area contributed by atoms with Crippen LogP contribution in [-0.2, 0) is 11.3 Å². The minimum Gasteiger partial charge on any atom is -0.399 e. The zero-order chi connectivity index (χ0) is 14.7. The van der Waals surface area contributed by atoms with Gasteiger partial charge in [0.2, 0.25) is 5.91 Å². The van der Waals surface area contributed by atoms with Gasteiger partial charge in [-0.25, -0.2) is 0 Å². The number of carbonyl (C=O) groups is 1. The lowest BCUT2D eigenvalue weighted by atomic mass is 10.3. The fourth-order valence-corrected chi connectivity index (χ4v) is 2.17. The summed E-state index contributed by atoms with van der Waals surface area (Å²) in [5, 5.41) is 7.21. The van der Waals surface area contributed by atoms with Crippen LogP contribution in [0.1, 0.15) is 17.8 Å². The highest BCUT2D eigenvalue weighted by molar-refractivity contribution is 9.10. The van der Waals surface area contributed by atoms with Crippen LogP contribution in [0.15, 0.2) is 28.7 Å². The molecule has 1 aromatic heterocycles. The fraction of sp³-hybridized carbons (Fsp3) is 0.286. The number of anilines is 2. The molecule has 0 spiro atoms. The summed E-state index contributed by atoms with van der Waals surface area (Å²) in [4.78, 5) is 11.9. The number of aryl methyl sites for hydroxylation is 2. The lowest BCUT2D eigenvalue weighted by molar-refractivity contribution is -0.116. The molecule has 0 bridgehead atoms. The largest absolute Gasteiger partial charge is 0.399 e. The van der Waals surface area contributed by atoms with Crippen LogP contribution in [0.4, 0.5) is 11.4 Å². The van der Waals surface area contributed by atoms with E-state index in [0.29, 0.717) is 18.7 Å². The van der Waals surface area contributed by atoms with E-state index < -0.39 is 0 Å². The topological polar surface area (TPSA) is 72.9 Å². The quantitative estimate of drug-likeness (QED) is 0.843. The summed E-state index contributed by atoms with van der Waals surface area (Å²) in [5.74, 6) is -0.0431. The van der Waals surface area contributed by atoms with E-state index in [9.17, 15) is 4.79 Å². The molecule has 2 rings (SSSR count). The molecule has 6 heteroatoms. The average molecular weight is 337 g/mol. The van der Waals surface area contributed by atoms with Crippen LogP contribution >= 0.6 is 15.9 Å². The molecule has 1 heterocycles. The minimum atomic E-state index is -0.0431. The highest BCUT2D eigenvalue weighted by Gasteiger charge is 2.10. The molecule has 0 aliphatic rings. The molecule has 106 valence electrons. The van der Waals surface area contributed by atoms with Crippen LogP contribution < -0.4 is 11.1 Å². The number of hydrogen-bond acceptors (Lipinski definition) is 3. The second-order valence-electron chi connectivity index (χ2n) is 4.63. The number of aromatic nitrogens is 2. The third-order valence-electron chi connectivity index (χ3n) is 3.04. The van der Waals surface area contributed by atoms with Crippen molar-refractivity contribution in [2.24, 2.45) is 0 Å². The molecule has 3 N–H and O–H groups in total. The van der Waals surface area contributed by atoms with Crippen molar-refractivity contribution in [3.63, 3.8) is 0 Å². The molecule has 20 heavy (non-hydrogen) atoms. The molecule has 0 atom stereocenters. The number of benzene rings is 1. The Morgan fingerprint density at radius 2 is 2.00 bits per heavy atom. The van der Waals surface area contributed by atoms with E-state index in [0.717, 1.165) is 21.5 Å². The molecule has 0 radical (unpaired) electrons. The molecule has 0 saturated heterocycles. The summed E-state index contributed by atoms with van der Waals surface area (Å²) in [6.45, 7) is 4.46. The number of hydrogen-bond donors (Lipinski definition) is 2. The van der Waals surface area contributed by atoms with Crippen molar-refractivity contribution in [3.05, 3.63) is 40.1 Å². The van der Waals surface area contributed by atoms with Gasteiger partial charge in [0.05, 0.1) is 16.7 Å². The van der Waals surface area contributed by atoms with Crippen LogP contribution in [-0.4, -0.2) is 15.7 Å². The number of nitrogen functional groups attached to an aromatic ring is 1. The smallest absolute Gasteiger partial charge is 0.226 e. The monoisotopic (exact) mass is 336 g/mol. The first-order valence-corrected chi connectivity index (χ1v) is 7.11. The Kier molecular flexibility index (Phi) is 4.44. The van der Waals surface area contributed by atoms with Crippen molar-refractivity contribution < 1.29 is 4.79 Å². The van der Waals surface area contributed by atoms with E-state index in [1.807, 2.05) is 18.5 Å². The van der Waals surface area contributed by atoms with Crippen LogP contribution in [0.25, 0.3) is 0 Å². The number of rotatable bonds is 4. The standard InChI is InChI=1S/C14H17BrN4O/c1-9-14(15)10(2)19(18-9)8-7-13(20)17-12-5-3-11(16)4-6-12/h3-6H,7-8,16H2,1-2H3,(H,17,20). The Morgan fingerprint density at radius 1 is 1.35 bits per heavy atom. The molecule has 1 aromatic carbocycles. The molecule has 0 fully saturated rings. The van der Waals surface area contributed by atoms with E-state index >= 15 is 0 Å². The van der Waals surface area contributed by atoms with Crippen LogP contribution in [0.2, 0.25) is 0 Å². The summed E-state index contributed by atoms with van der Waals surface area (Å²) in [6.07, 6.45) is 0.374. The Labute approximate surface area is 126 Å². The van der Waals surface area contributed by atoms with Gasteiger partial charge in [-0.05, 0) is 54.0 Å². The van der Waals surface area contributed by atoms with Crippen LogP contribution in [0, 0.1) is 13.8 Å². The molecule has 0 aliphatic heterocycles. The molecular formula is C14H17BrN4O. The van der Waals surface area contributed by atoms with Crippen molar-refractivity contribution in [2.45, 2.75) is 26.8 Å². The van der Waals surface area contributed by atoms with Gasteiger partial charge >= 0.3 is 0 Å². The first-order chi connectivity index (χ1) is 9.47. The summed E-state index contributed by atoms with van der Waals surface area (Å²) in [5.41, 5.74) is 8.98. The molecule has 0 saturated carbocycles. The normalized spacial score (nSPS) is 10.6. The summed E-state index contributed by atoms with van der Waals surface area (Å²) in [6, 6.07) is 7.09. The number of nitrogens with two attached hydrogens (primary N) is 1. The van der Waals surface area contributed by atoms with Gasteiger partial charge in [0.15, 0.2) is 0 Å². The Hall–Kier alpha value is -1.82. The molecule has 5 nitrogen and oxygen atoms in total. The van der Waals surface area contributed by atoms with Gasteiger partial charge in [-0.1, -0.05) is 0 Å². The van der Waals surface area contributed by atoms with Gasteiger partial charge in [-0.3, -0.25) is 9.48 Å². The van der Waals surface area contributed by atoms with Gasteiger partial charge in [0.25, 0.3) is 0 Å². The second-order valence-corrected chi connectivity index (χ2v) is 5.42. The van der Waals surface area contributed by atoms with Gasteiger partial charge < -0.3 is 11.1 Å².